The zero-order valence-corrected chi connectivity index (χ0v) is 14.1. The van der Waals surface area contributed by atoms with Crippen LogP contribution in [0.2, 0.25) is 0 Å². The normalized spacial score (nSPS) is 12.0. The second-order valence-electron chi connectivity index (χ2n) is 5.38. The van der Waals surface area contributed by atoms with Crippen molar-refractivity contribution in [2.75, 3.05) is 0 Å². The molecule has 0 unspecified atom stereocenters. The number of aromatic nitrogens is 1. The van der Waals surface area contributed by atoms with Crippen molar-refractivity contribution >= 4 is 15.9 Å². The third kappa shape index (κ3) is 3.41. The van der Waals surface area contributed by atoms with Crippen molar-refractivity contribution in [1.82, 2.24) is 4.57 Å². The van der Waals surface area contributed by atoms with Crippen LogP contribution in [-0.4, -0.2) is 13.0 Å². The van der Waals surface area contributed by atoms with Gasteiger partial charge in [0.1, 0.15) is 22.6 Å². The Morgan fingerprint density at radius 2 is 1.81 bits per heavy atom. The third-order valence-corrected chi connectivity index (χ3v) is 5.34. The van der Waals surface area contributed by atoms with Crippen LogP contribution < -0.4 is 0 Å². The van der Waals surface area contributed by atoms with Gasteiger partial charge in [0, 0.05) is 18.5 Å². The first-order valence-corrected chi connectivity index (χ1v) is 8.95. The highest BCUT2D eigenvalue weighted by molar-refractivity contribution is 7.95. The van der Waals surface area contributed by atoms with Gasteiger partial charge in [-0.2, -0.15) is 5.26 Å². The summed E-state index contributed by atoms with van der Waals surface area (Å²) in [5.41, 5.74) is 0.500. The summed E-state index contributed by atoms with van der Waals surface area (Å²) in [6.07, 6.45) is 4.15. The maximum Gasteiger partial charge on any atom is 0.216 e. The summed E-state index contributed by atoms with van der Waals surface area (Å²) in [7, 11) is -3.95. The average molecular weight is 370 g/mol. The van der Waals surface area contributed by atoms with E-state index in [0.717, 1.165) is 12.1 Å². The highest BCUT2D eigenvalue weighted by atomic mass is 32.2. The summed E-state index contributed by atoms with van der Waals surface area (Å²) < 4.78 is 53.3. The summed E-state index contributed by atoms with van der Waals surface area (Å²) in [6.45, 7) is 0. The standard InChI is InChI=1S/C19H12F2N2O2S/c20-15-6-7-19(18(21)11-15)23-9-8-14(13-23)10-17(12-22)26(24,25)16-4-2-1-3-5-16/h1-11,13H/b17-10+. The summed E-state index contributed by atoms with van der Waals surface area (Å²) in [4.78, 5) is -0.419. The number of rotatable bonds is 4. The fourth-order valence-corrected chi connectivity index (χ4v) is 3.57. The van der Waals surface area contributed by atoms with Crippen LogP contribution in [0.15, 0.2) is 76.8 Å². The van der Waals surface area contributed by atoms with Crippen molar-refractivity contribution in [3.63, 3.8) is 0 Å². The van der Waals surface area contributed by atoms with Crippen LogP contribution >= 0.6 is 0 Å². The molecule has 3 aromatic rings. The van der Waals surface area contributed by atoms with E-state index < -0.39 is 26.4 Å². The SMILES string of the molecule is N#C/C(=C\c1ccn(-c2ccc(F)cc2F)c1)S(=O)(=O)c1ccccc1. The smallest absolute Gasteiger partial charge is 0.216 e. The number of hydrogen-bond donors (Lipinski definition) is 0. The van der Waals surface area contributed by atoms with Gasteiger partial charge in [-0.05, 0) is 42.0 Å². The molecular formula is C19H12F2N2O2S. The molecule has 1 heterocycles. The lowest BCUT2D eigenvalue weighted by molar-refractivity contribution is 0.578. The van der Waals surface area contributed by atoms with Crippen molar-refractivity contribution < 1.29 is 17.2 Å². The molecule has 0 atom stereocenters. The predicted molar refractivity (Wildman–Crippen MR) is 92.9 cm³/mol. The number of nitrogens with zero attached hydrogens (tertiary/aromatic N) is 2. The molecule has 0 N–H and O–H groups in total. The van der Waals surface area contributed by atoms with Gasteiger partial charge in [-0.1, -0.05) is 18.2 Å². The van der Waals surface area contributed by atoms with Crippen molar-refractivity contribution in [1.29, 1.82) is 5.26 Å². The maximum absolute atomic E-state index is 13.9. The molecule has 3 rings (SSSR count). The molecule has 1 aromatic heterocycles. The first-order chi connectivity index (χ1) is 12.4. The third-order valence-electron chi connectivity index (χ3n) is 3.65. The van der Waals surface area contributed by atoms with E-state index in [-0.39, 0.29) is 10.6 Å². The van der Waals surface area contributed by atoms with Gasteiger partial charge in [0.2, 0.25) is 9.84 Å². The Balaban J connectivity index is 1.99. The Morgan fingerprint density at radius 3 is 2.46 bits per heavy atom. The molecule has 0 saturated heterocycles. The first kappa shape index (κ1) is 17.6. The number of nitriles is 1. The van der Waals surface area contributed by atoms with Crippen LogP contribution in [0.25, 0.3) is 11.8 Å². The second-order valence-corrected chi connectivity index (χ2v) is 7.30. The molecule has 0 aliphatic carbocycles. The Labute approximate surface area is 149 Å². The molecule has 130 valence electrons. The van der Waals surface area contributed by atoms with Gasteiger partial charge in [0.15, 0.2) is 0 Å². The number of hydrogen-bond acceptors (Lipinski definition) is 3. The predicted octanol–water partition coefficient (Wildman–Crippen LogP) is 4.09. The van der Waals surface area contributed by atoms with Gasteiger partial charge in [-0.25, -0.2) is 17.2 Å². The van der Waals surface area contributed by atoms with Crippen molar-refractivity contribution in [3.05, 3.63) is 89.1 Å². The first-order valence-electron chi connectivity index (χ1n) is 7.47. The number of allylic oxidation sites excluding steroid dienone is 1. The summed E-state index contributed by atoms with van der Waals surface area (Å²) in [5.74, 6) is -1.45. The molecule has 0 fully saturated rings. The van der Waals surface area contributed by atoms with Crippen LogP contribution in [-0.2, 0) is 9.84 Å². The van der Waals surface area contributed by atoms with Gasteiger partial charge >= 0.3 is 0 Å². The van der Waals surface area contributed by atoms with E-state index in [1.807, 2.05) is 0 Å². The molecule has 0 spiro atoms. The average Bonchev–Trinajstić information content (AvgIpc) is 3.08. The molecule has 0 aliphatic heterocycles. The lowest BCUT2D eigenvalue weighted by atomic mass is 10.3. The molecule has 0 amide bonds. The molecule has 0 bridgehead atoms. The monoisotopic (exact) mass is 370 g/mol. The number of sulfone groups is 1. The van der Waals surface area contributed by atoms with Crippen molar-refractivity contribution in [3.8, 4) is 11.8 Å². The molecule has 26 heavy (non-hydrogen) atoms. The Hall–Kier alpha value is -3.24. The van der Waals surface area contributed by atoms with Crippen LogP contribution in [0.5, 0.6) is 0 Å². The Bertz CT molecular complexity index is 1130. The van der Waals surface area contributed by atoms with Gasteiger partial charge in [-0.15, -0.1) is 0 Å². The van der Waals surface area contributed by atoms with E-state index in [1.165, 1.54) is 47.3 Å². The van der Waals surface area contributed by atoms with Gasteiger partial charge in [-0.3, -0.25) is 0 Å². The highest BCUT2D eigenvalue weighted by Crippen LogP contribution is 2.22. The lowest BCUT2D eigenvalue weighted by Gasteiger charge is -2.04. The molecular weight excluding hydrogens is 358 g/mol. The number of halogens is 2. The van der Waals surface area contributed by atoms with E-state index in [4.69, 9.17) is 0 Å². The van der Waals surface area contributed by atoms with E-state index in [9.17, 15) is 22.5 Å². The molecule has 4 nitrogen and oxygen atoms in total. The van der Waals surface area contributed by atoms with Crippen LogP contribution in [0.3, 0.4) is 0 Å². The van der Waals surface area contributed by atoms with E-state index in [1.54, 1.807) is 24.3 Å². The zero-order valence-electron chi connectivity index (χ0n) is 13.3. The van der Waals surface area contributed by atoms with Crippen molar-refractivity contribution in [2.24, 2.45) is 0 Å². The topological polar surface area (TPSA) is 62.9 Å². The molecule has 7 heteroatoms. The van der Waals surface area contributed by atoms with E-state index >= 15 is 0 Å². The van der Waals surface area contributed by atoms with E-state index in [2.05, 4.69) is 0 Å². The van der Waals surface area contributed by atoms with Gasteiger partial charge < -0.3 is 4.57 Å². The Morgan fingerprint density at radius 1 is 1.08 bits per heavy atom. The minimum Gasteiger partial charge on any atom is -0.321 e. The minimum absolute atomic E-state index is 0.0109. The molecule has 2 aromatic carbocycles. The van der Waals surface area contributed by atoms with Crippen LogP contribution in [0.1, 0.15) is 5.56 Å². The quantitative estimate of drug-likeness (QED) is 0.650. The van der Waals surface area contributed by atoms with Crippen LogP contribution in [0, 0.1) is 23.0 Å². The lowest BCUT2D eigenvalue weighted by Crippen LogP contribution is -2.03. The van der Waals surface area contributed by atoms with E-state index in [0.29, 0.717) is 5.56 Å². The Kier molecular flexibility index (Phi) is 4.69. The van der Waals surface area contributed by atoms with Gasteiger partial charge in [0.05, 0.1) is 10.6 Å². The van der Waals surface area contributed by atoms with Crippen LogP contribution in [0.4, 0.5) is 8.78 Å². The largest absolute Gasteiger partial charge is 0.321 e. The summed E-state index contributed by atoms with van der Waals surface area (Å²) in [6, 6.07) is 14.0. The van der Waals surface area contributed by atoms with Crippen molar-refractivity contribution in [2.45, 2.75) is 4.90 Å². The fraction of sp³-hybridized carbons (Fsp3) is 0. The summed E-state index contributed by atoms with van der Waals surface area (Å²) >= 11 is 0. The molecule has 0 saturated carbocycles. The van der Waals surface area contributed by atoms with Gasteiger partial charge in [0.25, 0.3) is 0 Å². The fourth-order valence-electron chi connectivity index (χ4n) is 2.39. The molecule has 0 aliphatic rings. The highest BCUT2D eigenvalue weighted by Gasteiger charge is 2.20. The number of benzene rings is 2. The maximum atomic E-state index is 13.9. The minimum atomic E-state index is -3.95. The second kappa shape index (κ2) is 6.94. The molecule has 0 radical (unpaired) electrons. The summed E-state index contributed by atoms with van der Waals surface area (Å²) in [5, 5.41) is 9.28. The zero-order chi connectivity index (χ0) is 18.7.